The molecule has 2 aromatic rings. The number of fused-ring (bicyclic) bond motifs is 1. The number of hydrogen-bond donors (Lipinski definition) is 1. The summed E-state index contributed by atoms with van der Waals surface area (Å²) in [6, 6.07) is 17.6. The molecule has 0 fully saturated rings. The molecule has 1 aliphatic heterocycles. The minimum absolute atomic E-state index is 0.111. The lowest BCUT2D eigenvalue weighted by Crippen LogP contribution is -2.39. The Labute approximate surface area is 142 Å². The highest BCUT2D eigenvalue weighted by atomic mass is 16.2. The van der Waals surface area contributed by atoms with Crippen LogP contribution in [-0.4, -0.2) is 18.4 Å². The van der Waals surface area contributed by atoms with Crippen molar-refractivity contribution in [2.45, 2.75) is 32.2 Å². The average Bonchev–Trinajstić information content (AvgIpc) is 2.61. The van der Waals surface area contributed by atoms with E-state index in [0.717, 1.165) is 24.1 Å². The topological polar surface area (TPSA) is 49.4 Å². The summed E-state index contributed by atoms with van der Waals surface area (Å²) in [6.45, 7) is 2.60. The third-order valence-corrected chi connectivity index (χ3v) is 4.40. The number of para-hydroxylation sites is 1. The Hall–Kier alpha value is -2.62. The molecule has 1 heterocycles. The molecule has 0 saturated carbocycles. The maximum absolute atomic E-state index is 12.6. The number of aryl methyl sites for hydroxylation is 1. The molecule has 0 saturated heterocycles. The van der Waals surface area contributed by atoms with Gasteiger partial charge in [-0.3, -0.25) is 9.59 Å². The molecule has 3 rings (SSSR count). The van der Waals surface area contributed by atoms with E-state index in [1.54, 1.807) is 4.90 Å². The van der Waals surface area contributed by atoms with E-state index in [1.165, 1.54) is 5.56 Å². The van der Waals surface area contributed by atoms with Crippen molar-refractivity contribution in [1.82, 2.24) is 5.32 Å². The third-order valence-electron chi connectivity index (χ3n) is 4.40. The second-order valence-corrected chi connectivity index (χ2v) is 6.15. The summed E-state index contributed by atoms with van der Waals surface area (Å²) in [5, 5.41) is 2.90. The Bertz CT molecular complexity index is 727. The molecule has 0 radical (unpaired) electrons. The number of carbonyl (C=O) groups is 2. The molecule has 1 aliphatic rings. The molecule has 1 N–H and O–H groups in total. The van der Waals surface area contributed by atoms with Crippen molar-refractivity contribution in [3.05, 3.63) is 65.7 Å². The van der Waals surface area contributed by atoms with Gasteiger partial charge >= 0.3 is 0 Å². The first-order valence-electron chi connectivity index (χ1n) is 8.38. The van der Waals surface area contributed by atoms with E-state index >= 15 is 0 Å². The van der Waals surface area contributed by atoms with Gasteiger partial charge in [0.05, 0.1) is 6.04 Å². The van der Waals surface area contributed by atoms with E-state index in [0.29, 0.717) is 6.54 Å². The van der Waals surface area contributed by atoms with Crippen LogP contribution in [0.25, 0.3) is 0 Å². The van der Waals surface area contributed by atoms with Crippen LogP contribution in [0.15, 0.2) is 54.6 Å². The number of carbonyl (C=O) groups excluding carboxylic acids is 2. The fourth-order valence-corrected chi connectivity index (χ4v) is 3.14. The quantitative estimate of drug-likeness (QED) is 0.879. The van der Waals surface area contributed by atoms with Gasteiger partial charge in [-0.05, 0) is 37.0 Å². The van der Waals surface area contributed by atoms with Crippen LogP contribution >= 0.6 is 0 Å². The van der Waals surface area contributed by atoms with Crippen molar-refractivity contribution in [3.8, 4) is 0 Å². The summed E-state index contributed by atoms with van der Waals surface area (Å²) >= 11 is 0. The van der Waals surface area contributed by atoms with E-state index in [4.69, 9.17) is 0 Å². The van der Waals surface area contributed by atoms with Crippen LogP contribution < -0.4 is 10.2 Å². The summed E-state index contributed by atoms with van der Waals surface area (Å²) < 4.78 is 0. The van der Waals surface area contributed by atoms with Crippen LogP contribution in [0.5, 0.6) is 0 Å². The maximum atomic E-state index is 12.6. The number of amides is 2. The van der Waals surface area contributed by atoms with Gasteiger partial charge in [0.1, 0.15) is 6.42 Å². The molecule has 4 nitrogen and oxygen atoms in total. The predicted molar refractivity (Wildman–Crippen MR) is 94.7 cm³/mol. The normalized spacial score (nSPS) is 14.6. The number of hydrogen-bond acceptors (Lipinski definition) is 2. The average molecular weight is 322 g/mol. The Morgan fingerprint density at radius 1 is 1.08 bits per heavy atom. The van der Waals surface area contributed by atoms with Gasteiger partial charge in [0.15, 0.2) is 0 Å². The van der Waals surface area contributed by atoms with Gasteiger partial charge in [0.2, 0.25) is 11.8 Å². The fourth-order valence-electron chi connectivity index (χ4n) is 3.14. The Morgan fingerprint density at radius 3 is 2.58 bits per heavy atom. The van der Waals surface area contributed by atoms with E-state index in [9.17, 15) is 9.59 Å². The molecule has 4 heteroatoms. The van der Waals surface area contributed by atoms with Crippen LogP contribution in [0, 0.1) is 0 Å². The zero-order chi connectivity index (χ0) is 16.9. The van der Waals surface area contributed by atoms with Gasteiger partial charge in [-0.25, -0.2) is 0 Å². The highest BCUT2D eigenvalue weighted by Crippen LogP contribution is 2.27. The molecule has 1 unspecified atom stereocenters. The van der Waals surface area contributed by atoms with Gasteiger partial charge < -0.3 is 10.2 Å². The van der Waals surface area contributed by atoms with Crippen molar-refractivity contribution >= 4 is 17.5 Å². The van der Waals surface area contributed by atoms with Crippen LogP contribution in [0.4, 0.5) is 5.69 Å². The number of anilines is 1. The summed E-state index contributed by atoms with van der Waals surface area (Å²) in [4.78, 5) is 26.5. The molecule has 1 atom stereocenters. The Kier molecular flexibility index (Phi) is 4.94. The summed E-state index contributed by atoms with van der Waals surface area (Å²) in [7, 11) is 0. The molecule has 0 bridgehead atoms. The van der Waals surface area contributed by atoms with E-state index in [2.05, 4.69) is 5.32 Å². The summed E-state index contributed by atoms with van der Waals surface area (Å²) in [5.74, 6) is -0.376. The monoisotopic (exact) mass is 322 g/mol. The van der Waals surface area contributed by atoms with Crippen LogP contribution in [0.1, 0.15) is 36.9 Å². The zero-order valence-corrected chi connectivity index (χ0v) is 13.9. The third kappa shape index (κ3) is 3.65. The molecule has 124 valence electrons. The summed E-state index contributed by atoms with van der Waals surface area (Å²) in [5.41, 5.74) is 3.15. The Morgan fingerprint density at radius 2 is 1.79 bits per heavy atom. The first-order chi connectivity index (χ1) is 11.6. The van der Waals surface area contributed by atoms with Crippen LogP contribution in [0.2, 0.25) is 0 Å². The smallest absolute Gasteiger partial charge is 0.236 e. The second-order valence-electron chi connectivity index (χ2n) is 6.15. The van der Waals surface area contributed by atoms with Crippen molar-refractivity contribution in [3.63, 3.8) is 0 Å². The number of benzene rings is 2. The molecule has 0 spiro atoms. The minimum Gasteiger partial charge on any atom is -0.349 e. The summed E-state index contributed by atoms with van der Waals surface area (Å²) in [6.07, 6.45) is 1.80. The minimum atomic E-state index is -0.237. The molecule has 0 aromatic heterocycles. The standard InChI is InChI=1S/C20H22N2O2/c1-15(16-8-3-2-4-9-16)21-19(23)14-20(24)22-13-7-11-17-10-5-6-12-18(17)22/h2-6,8-10,12,15H,7,11,13-14H2,1H3,(H,21,23). The van der Waals surface area contributed by atoms with Gasteiger partial charge in [-0.1, -0.05) is 48.5 Å². The number of nitrogens with zero attached hydrogens (tertiary/aromatic N) is 1. The van der Waals surface area contributed by atoms with Gasteiger partial charge in [0.25, 0.3) is 0 Å². The largest absolute Gasteiger partial charge is 0.349 e. The van der Waals surface area contributed by atoms with Gasteiger partial charge in [-0.15, -0.1) is 0 Å². The fraction of sp³-hybridized carbons (Fsp3) is 0.300. The molecule has 24 heavy (non-hydrogen) atoms. The van der Waals surface area contributed by atoms with Crippen LogP contribution in [0.3, 0.4) is 0 Å². The first kappa shape index (κ1) is 16.2. The Balaban J connectivity index is 1.62. The SMILES string of the molecule is CC(NC(=O)CC(=O)N1CCCc2ccccc21)c1ccccc1. The molecule has 0 aliphatic carbocycles. The van der Waals surface area contributed by atoms with E-state index < -0.39 is 0 Å². The molecule has 2 amide bonds. The maximum Gasteiger partial charge on any atom is 0.236 e. The first-order valence-corrected chi connectivity index (χ1v) is 8.38. The van der Waals surface area contributed by atoms with Crippen LogP contribution in [-0.2, 0) is 16.0 Å². The predicted octanol–water partition coefficient (Wildman–Crippen LogP) is 3.23. The highest BCUT2D eigenvalue weighted by molar-refractivity contribution is 6.05. The number of rotatable bonds is 4. The number of nitrogens with one attached hydrogen (secondary N) is 1. The van der Waals surface area contributed by atoms with E-state index in [1.807, 2.05) is 61.5 Å². The molecule has 2 aromatic carbocycles. The van der Waals surface area contributed by atoms with Crippen molar-refractivity contribution in [1.29, 1.82) is 0 Å². The van der Waals surface area contributed by atoms with Gasteiger partial charge in [-0.2, -0.15) is 0 Å². The lowest BCUT2D eigenvalue weighted by molar-refractivity contribution is -0.128. The van der Waals surface area contributed by atoms with E-state index in [-0.39, 0.29) is 24.3 Å². The molecular weight excluding hydrogens is 300 g/mol. The van der Waals surface area contributed by atoms with Crippen molar-refractivity contribution in [2.24, 2.45) is 0 Å². The van der Waals surface area contributed by atoms with Crippen molar-refractivity contribution in [2.75, 3.05) is 11.4 Å². The van der Waals surface area contributed by atoms with Crippen molar-refractivity contribution < 1.29 is 9.59 Å². The lowest BCUT2D eigenvalue weighted by atomic mass is 10.0. The van der Waals surface area contributed by atoms with Gasteiger partial charge in [0, 0.05) is 12.2 Å². The molecular formula is C20H22N2O2. The highest BCUT2D eigenvalue weighted by Gasteiger charge is 2.24. The second kappa shape index (κ2) is 7.30. The zero-order valence-electron chi connectivity index (χ0n) is 13.9. The lowest BCUT2D eigenvalue weighted by Gasteiger charge is -2.29.